The molecule has 4 heteroatoms. The predicted molar refractivity (Wildman–Crippen MR) is 71.3 cm³/mol. The molecule has 1 N–H and O–H groups in total. The summed E-state index contributed by atoms with van der Waals surface area (Å²) in [7, 11) is 1.95. The van der Waals surface area contributed by atoms with Gasteiger partial charge in [0.15, 0.2) is 0 Å². The van der Waals surface area contributed by atoms with E-state index >= 15 is 0 Å². The monoisotopic (exact) mass is 252 g/mol. The highest BCUT2D eigenvalue weighted by Gasteiger charge is 2.27. The molecule has 0 aromatic carbocycles. The molecule has 17 heavy (non-hydrogen) atoms. The highest BCUT2D eigenvalue weighted by molar-refractivity contribution is 7.07. The first kappa shape index (κ1) is 12.6. The molecule has 0 spiro atoms. The van der Waals surface area contributed by atoms with E-state index in [1.165, 1.54) is 5.56 Å². The Morgan fingerprint density at radius 3 is 3.24 bits per heavy atom. The Bertz CT molecular complexity index is 350. The Morgan fingerprint density at radius 1 is 1.65 bits per heavy atom. The number of carbonyl (C=O) groups is 1. The van der Waals surface area contributed by atoms with Crippen LogP contribution < -0.4 is 5.32 Å². The minimum Gasteiger partial charge on any atom is -0.338 e. The van der Waals surface area contributed by atoms with Crippen LogP contribution in [0.2, 0.25) is 0 Å². The highest BCUT2D eigenvalue weighted by atomic mass is 32.1. The van der Waals surface area contributed by atoms with Crippen molar-refractivity contribution in [2.45, 2.75) is 31.7 Å². The number of thiophene rings is 1. The maximum atomic E-state index is 12.1. The number of hydrogen-bond donors (Lipinski definition) is 1. The van der Waals surface area contributed by atoms with Gasteiger partial charge < -0.3 is 10.2 Å². The van der Waals surface area contributed by atoms with Gasteiger partial charge in [0.05, 0.1) is 0 Å². The first-order valence-corrected chi connectivity index (χ1v) is 7.20. The fraction of sp³-hybridized carbons (Fsp3) is 0.615. The zero-order valence-corrected chi connectivity index (χ0v) is 11.1. The highest BCUT2D eigenvalue weighted by Crippen LogP contribution is 2.18. The van der Waals surface area contributed by atoms with E-state index < -0.39 is 0 Å². The van der Waals surface area contributed by atoms with Crippen molar-refractivity contribution in [1.82, 2.24) is 10.2 Å². The summed E-state index contributed by atoms with van der Waals surface area (Å²) >= 11 is 1.70. The SMILES string of the molecule is CNCC1CCCN1C(=O)CCc1ccsc1. The lowest BCUT2D eigenvalue weighted by molar-refractivity contribution is -0.131. The van der Waals surface area contributed by atoms with Crippen LogP contribution in [0.1, 0.15) is 24.8 Å². The van der Waals surface area contributed by atoms with E-state index in [-0.39, 0.29) is 0 Å². The molecule has 0 aliphatic carbocycles. The first-order chi connectivity index (χ1) is 8.31. The van der Waals surface area contributed by atoms with E-state index in [4.69, 9.17) is 0 Å². The minimum absolute atomic E-state index is 0.314. The van der Waals surface area contributed by atoms with Crippen molar-refractivity contribution in [2.24, 2.45) is 0 Å². The van der Waals surface area contributed by atoms with E-state index in [1.807, 2.05) is 7.05 Å². The van der Waals surface area contributed by atoms with E-state index in [9.17, 15) is 4.79 Å². The molecule has 0 radical (unpaired) electrons. The van der Waals surface area contributed by atoms with Crippen molar-refractivity contribution < 1.29 is 4.79 Å². The fourth-order valence-corrected chi connectivity index (χ4v) is 3.14. The number of hydrogen-bond acceptors (Lipinski definition) is 3. The van der Waals surface area contributed by atoms with Crippen LogP contribution in [0, 0.1) is 0 Å². The van der Waals surface area contributed by atoms with Crippen molar-refractivity contribution >= 4 is 17.2 Å². The summed E-state index contributed by atoms with van der Waals surface area (Å²) in [6.07, 6.45) is 3.82. The van der Waals surface area contributed by atoms with Gasteiger partial charge in [0.2, 0.25) is 5.91 Å². The third kappa shape index (κ3) is 3.30. The molecule has 1 amide bonds. The Labute approximate surface area is 107 Å². The van der Waals surface area contributed by atoms with Crippen LogP contribution in [-0.4, -0.2) is 37.0 Å². The molecular formula is C13H20N2OS. The van der Waals surface area contributed by atoms with E-state index in [2.05, 4.69) is 27.0 Å². The standard InChI is InChI=1S/C13H20N2OS/c1-14-9-12-3-2-7-15(12)13(16)5-4-11-6-8-17-10-11/h6,8,10,12,14H,2-5,7,9H2,1H3. The predicted octanol–water partition coefficient (Wildman–Crippen LogP) is 1.89. The lowest BCUT2D eigenvalue weighted by atomic mass is 10.1. The molecular weight excluding hydrogens is 232 g/mol. The van der Waals surface area contributed by atoms with Crippen molar-refractivity contribution in [1.29, 1.82) is 0 Å². The number of aryl methyl sites for hydroxylation is 1. The average Bonchev–Trinajstić information content (AvgIpc) is 2.97. The molecule has 1 saturated heterocycles. The van der Waals surface area contributed by atoms with Crippen molar-refractivity contribution in [3.63, 3.8) is 0 Å². The molecule has 1 unspecified atom stereocenters. The molecule has 1 fully saturated rings. The number of nitrogens with zero attached hydrogens (tertiary/aromatic N) is 1. The Hall–Kier alpha value is -0.870. The van der Waals surface area contributed by atoms with Gasteiger partial charge in [-0.25, -0.2) is 0 Å². The summed E-state index contributed by atoms with van der Waals surface area (Å²) in [5.41, 5.74) is 1.28. The molecule has 3 nitrogen and oxygen atoms in total. The van der Waals surface area contributed by atoms with Crippen molar-refractivity contribution in [2.75, 3.05) is 20.1 Å². The Balaban J connectivity index is 1.82. The largest absolute Gasteiger partial charge is 0.338 e. The van der Waals surface area contributed by atoms with Crippen LogP contribution in [-0.2, 0) is 11.2 Å². The number of amides is 1. The quantitative estimate of drug-likeness (QED) is 0.868. The summed E-state index contributed by atoms with van der Waals surface area (Å²) in [5, 5.41) is 7.37. The van der Waals surface area contributed by atoms with Gasteiger partial charge in [0.25, 0.3) is 0 Å². The van der Waals surface area contributed by atoms with Gasteiger partial charge in [-0.2, -0.15) is 11.3 Å². The normalized spacial score (nSPS) is 19.8. The number of carbonyl (C=O) groups excluding carboxylic acids is 1. The summed E-state index contributed by atoms with van der Waals surface area (Å²) in [5.74, 6) is 0.314. The summed E-state index contributed by atoms with van der Waals surface area (Å²) in [4.78, 5) is 14.2. The van der Waals surface area contributed by atoms with Crippen LogP contribution >= 0.6 is 11.3 Å². The Morgan fingerprint density at radius 2 is 2.53 bits per heavy atom. The van der Waals surface area contributed by atoms with Crippen LogP contribution in [0.4, 0.5) is 0 Å². The maximum Gasteiger partial charge on any atom is 0.223 e. The zero-order valence-electron chi connectivity index (χ0n) is 10.3. The first-order valence-electron chi connectivity index (χ1n) is 6.26. The molecule has 1 atom stereocenters. The smallest absolute Gasteiger partial charge is 0.223 e. The van der Waals surface area contributed by atoms with Gasteiger partial charge >= 0.3 is 0 Å². The van der Waals surface area contributed by atoms with Crippen LogP contribution in [0.15, 0.2) is 16.8 Å². The second-order valence-corrected chi connectivity index (χ2v) is 5.35. The molecule has 1 aliphatic rings. The second-order valence-electron chi connectivity index (χ2n) is 4.57. The third-order valence-corrected chi connectivity index (χ3v) is 4.08. The lowest BCUT2D eigenvalue weighted by Crippen LogP contribution is -2.40. The molecule has 2 rings (SSSR count). The minimum atomic E-state index is 0.314. The van der Waals surface area contributed by atoms with Gasteiger partial charge in [-0.3, -0.25) is 4.79 Å². The molecule has 94 valence electrons. The molecule has 1 aromatic rings. The van der Waals surface area contributed by atoms with Crippen LogP contribution in [0.3, 0.4) is 0 Å². The summed E-state index contributed by atoms with van der Waals surface area (Å²) in [6, 6.07) is 2.52. The number of likely N-dealkylation sites (tertiary alicyclic amines) is 1. The number of rotatable bonds is 5. The van der Waals surface area contributed by atoms with E-state index in [1.54, 1.807) is 11.3 Å². The van der Waals surface area contributed by atoms with Crippen LogP contribution in [0.25, 0.3) is 0 Å². The zero-order chi connectivity index (χ0) is 12.1. The van der Waals surface area contributed by atoms with E-state index in [0.717, 1.165) is 32.4 Å². The van der Waals surface area contributed by atoms with Gasteiger partial charge in [-0.15, -0.1) is 0 Å². The molecule has 1 aromatic heterocycles. The van der Waals surface area contributed by atoms with Gasteiger partial charge in [0.1, 0.15) is 0 Å². The number of nitrogens with one attached hydrogen (secondary N) is 1. The molecule has 2 heterocycles. The average molecular weight is 252 g/mol. The topological polar surface area (TPSA) is 32.3 Å². The third-order valence-electron chi connectivity index (χ3n) is 3.34. The fourth-order valence-electron chi connectivity index (χ4n) is 2.44. The summed E-state index contributed by atoms with van der Waals surface area (Å²) in [6.45, 7) is 1.86. The second kappa shape index (κ2) is 6.17. The number of likely N-dealkylation sites (N-methyl/N-ethyl adjacent to an activating group) is 1. The van der Waals surface area contributed by atoms with Gasteiger partial charge in [-0.05, 0) is 48.7 Å². The summed E-state index contributed by atoms with van der Waals surface area (Å²) < 4.78 is 0. The molecule has 1 aliphatic heterocycles. The Kier molecular flexibility index (Phi) is 4.57. The molecule has 0 bridgehead atoms. The maximum absolute atomic E-state index is 12.1. The van der Waals surface area contributed by atoms with Crippen LogP contribution in [0.5, 0.6) is 0 Å². The van der Waals surface area contributed by atoms with Crippen molar-refractivity contribution in [3.8, 4) is 0 Å². The lowest BCUT2D eigenvalue weighted by Gasteiger charge is -2.24. The van der Waals surface area contributed by atoms with E-state index in [0.29, 0.717) is 18.4 Å². The molecule has 0 saturated carbocycles. The van der Waals surface area contributed by atoms with Gasteiger partial charge in [0, 0.05) is 25.6 Å². The van der Waals surface area contributed by atoms with Gasteiger partial charge in [-0.1, -0.05) is 0 Å². The van der Waals surface area contributed by atoms with Crippen molar-refractivity contribution in [3.05, 3.63) is 22.4 Å².